The lowest BCUT2D eigenvalue weighted by Gasteiger charge is -2.14. The Labute approximate surface area is 189 Å². The molecule has 0 aliphatic rings. The van der Waals surface area contributed by atoms with E-state index in [1.54, 1.807) is 43.3 Å². The van der Waals surface area contributed by atoms with Crippen molar-refractivity contribution in [2.75, 3.05) is 19.5 Å². The molecule has 2 heterocycles. The van der Waals surface area contributed by atoms with Crippen LogP contribution in [0.5, 0.6) is 17.2 Å². The van der Waals surface area contributed by atoms with E-state index < -0.39 is 0 Å². The lowest BCUT2D eigenvalue weighted by Crippen LogP contribution is -2.15. The number of hydrogen-bond donors (Lipinski definition) is 1. The first kappa shape index (κ1) is 21.9. The van der Waals surface area contributed by atoms with Gasteiger partial charge in [-0.2, -0.15) is 0 Å². The molecule has 1 amide bonds. The van der Waals surface area contributed by atoms with Crippen molar-refractivity contribution in [2.45, 2.75) is 20.5 Å². The highest BCUT2D eigenvalue weighted by Gasteiger charge is 2.14. The van der Waals surface area contributed by atoms with Gasteiger partial charge in [-0.25, -0.2) is 4.98 Å². The van der Waals surface area contributed by atoms with Crippen molar-refractivity contribution >= 4 is 17.2 Å². The second-order valence-corrected chi connectivity index (χ2v) is 7.40. The number of ether oxygens (including phenoxy) is 3. The predicted molar refractivity (Wildman–Crippen MR) is 121 cm³/mol. The SMILES string of the molecule is COc1ccc(C(=O)Nc2ccc(C)cc2OCc2cc(=O)n3oc(C)cc3n2)cc1OC. The molecular weight excluding hydrogens is 426 g/mol. The quantitative estimate of drug-likeness (QED) is 0.458. The predicted octanol–water partition coefficient (Wildman–Crippen LogP) is 3.75. The summed E-state index contributed by atoms with van der Waals surface area (Å²) in [6.07, 6.45) is 0. The molecular formula is C24H23N3O6. The Morgan fingerprint density at radius 2 is 1.79 bits per heavy atom. The Morgan fingerprint density at radius 1 is 1.00 bits per heavy atom. The fraction of sp³-hybridized carbons (Fsp3) is 0.208. The van der Waals surface area contributed by atoms with E-state index in [0.717, 1.165) is 10.1 Å². The van der Waals surface area contributed by atoms with Crippen LogP contribution in [0.15, 0.2) is 57.8 Å². The number of aryl methyl sites for hydroxylation is 2. The molecule has 0 aliphatic heterocycles. The number of carbonyl (C=O) groups is 1. The average Bonchev–Trinajstić information content (AvgIpc) is 3.19. The summed E-state index contributed by atoms with van der Waals surface area (Å²) in [4.78, 5) is 29.5. The number of nitrogens with zero attached hydrogens (tertiary/aromatic N) is 2. The summed E-state index contributed by atoms with van der Waals surface area (Å²) in [5.41, 5.74) is 2.34. The fourth-order valence-corrected chi connectivity index (χ4v) is 3.32. The zero-order valence-corrected chi connectivity index (χ0v) is 18.7. The lowest BCUT2D eigenvalue weighted by atomic mass is 10.1. The molecule has 1 N–H and O–H groups in total. The van der Waals surface area contributed by atoms with Crippen LogP contribution in [0, 0.1) is 13.8 Å². The number of amides is 1. The van der Waals surface area contributed by atoms with Gasteiger partial charge in [-0.3, -0.25) is 9.59 Å². The van der Waals surface area contributed by atoms with E-state index in [4.69, 9.17) is 18.7 Å². The fourth-order valence-electron chi connectivity index (χ4n) is 3.32. The largest absolute Gasteiger partial charge is 0.493 e. The molecule has 0 saturated heterocycles. The summed E-state index contributed by atoms with van der Waals surface area (Å²) in [5.74, 6) is 1.68. The van der Waals surface area contributed by atoms with Crippen molar-refractivity contribution in [3.05, 3.63) is 81.5 Å². The molecule has 0 saturated carbocycles. The van der Waals surface area contributed by atoms with Gasteiger partial charge in [-0.1, -0.05) is 6.07 Å². The number of aromatic nitrogens is 2. The Morgan fingerprint density at radius 3 is 2.55 bits per heavy atom. The van der Waals surface area contributed by atoms with E-state index in [1.165, 1.54) is 20.3 Å². The van der Waals surface area contributed by atoms with Gasteiger partial charge in [0.15, 0.2) is 17.1 Å². The number of benzene rings is 2. The van der Waals surface area contributed by atoms with Gasteiger partial charge in [0.05, 0.1) is 25.6 Å². The average molecular weight is 449 g/mol. The van der Waals surface area contributed by atoms with Crippen LogP contribution in [-0.4, -0.2) is 29.7 Å². The summed E-state index contributed by atoms with van der Waals surface area (Å²) in [5, 5.41) is 2.86. The summed E-state index contributed by atoms with van der Waals surface area (Å²) < 4.78 is 22.9. The van der Waals surface area contributed by atoms with Crippen LogP contribution in [-0.2, 0) is 6.61 Å². The Balaban J connectivity index is 1.55. The van der Waals surface area contributed by atoms with Crippen LogP contribution in [0.3, 0.4) is 0 Å². The van der Waals surface area contributed by atoms with E-state index in [2.05, 4.69) is 10.3 Å². The number of fused-ring (bicyclic) bond motifs is 1. The zero-order chi connectivity index (χ0) is 23.5. The molecule has 0 fully saturated rings. The molecule has 0 spiro atoms. The smallest absolute Gasteiger partial charge is 0.287 e. The summed E-state index contributed by atoms with van der Waals surface area (Å²) >= 11 is 0. The van der Waals surface area contributed by atoms with E-state index >= 15 is 0 Å². The molecule has 0 bridgehead atoms. The Kier molecular flexibility index (Phi) is 6.03. The second kappa shape index (κ2) is 9.07. The van der Waals surface area contributed by atoms with Crippen LogP contribution >= 0.6 is 0 Å². The van der Waals surface area contributed by atoms with Crippen molar-refractivity contribution < 1.29 is 23.5 Å². The molecule has 0 aliphatic carbocycles. The van der Waals surface area contributed by atoms with Crippen molar-refractivity contribution in [3.63, 3.8) is 0 Å². The molecule has 0 unspecified atom stereocenters. The van der Waals surface area contributed by atoms with E-state index in [9.17, 15) is 9.59 Å². The van der Waals surface area contributed by atoms with Gasteiger partial charge in [-0.05, 0) is 49.7 Å². The molecule has 2 aromatic carbocycles. The summed E-state index contributed by atoms with van der Waals surface area (Å²) in [6.45, 7) is 3.70. The maximum atomic E-state index is 12.9. The van der Waals surface area contributed by atoms with Crippen LogP contribution in [0.25, 0.3) is 5.65 Å². The van der Waals surface area contributed by atoms with Crippen LogP contribution < -0.4 is 25.1 Å². The third-order valence-electron chi connectivity index (χ3n) is 4.93. The van der Waals surface area contributed by atoms with Crippen molar-refractivity contribution in [1.82, 2.24) is 9.56 Å². The van der Waals surface area contributed by atoms with Crippen LogP contribution in [0.1, 0.15) is 27.4 Å². The molecule has 9 heteroatoms. The number of methoxy groups -OCH3 is 2. The van der Waals surface area contributed by atoms with E-state index in [-0.39, 0.29) is 18.1 Å². The third kappa shape index (κ3) is 4.67. The topological polar surface area (TPSA) is 104 Å². The Bertz CT molecular complexity index is 1390. The second-order valence-electron chi connectivity index (χ2n) is 7.40. The monoisotopic (exact) mass is 449 g/mol. The first-order valence-electron chi connectivity index (χ1n) is 10.1. The van der Waals surface area contributed by atoms with Crippen molar-refractivity contribution in [2.24, 2.45) is 0 Å². The minimum Gasteiger partial charge on any atom is -0.493 e. The molecule has 2 aromatic heterocycles. The van der Waals surface area contributed by atoms with Gasteiger partial charge in [0.2, 0.25) is 0 Å². The molecule has 170 valence electrons. The summed E-state index contributed by atoms with van der Waals surface area (Å²) in [7, 11) is 3.04. The van der Waals surface area contributed by atoms with Crippen LogP contribution in [0.4, 0.5) is 5.69 Å². The number of rotatable bonds is 7. The number of hydrogen-bond acceptors (Lipinski definition) is 7. The first-order valence-corrected chi connectivity index (χ1v) is 10.1. The van der Waals surface area contributed by atoms with Gasteiger partial charge < -0.3 is 24.1 Å². The van der Waals surface area contributed by atoms with Gasteiger partial charge in [0.1, 0.15) is 18.1 Å². The van der Waals surface area contributed by atoms with Gasteiger partial charge in [0, 0.05) is 17.7 Å². The summed E-state index contributed by atoms with van der Waals surface area (Å²) in [6, 6.07) is 13.4. The van der Waals surface area contributed by atoms with Crippen molar-refractivity contribution in [1.29, 1.82) is 0 Å². The highest BCUT2D eigenvalue weighted by Crippen LogP contribution is 2.30. The first-order chi connectivity index (χ1) is 15.9. The van der Waals surface area contributed by atoms with Crippen molar-refractivity contribution in [3.8, 4) is 17.2 Å². The van der Waals surface area contributed by atoms with Gasteiger partial charge in [-0.15, -0.1) is 4.57 Å². The molecule has 0 atom stereocenters. The lowest BCUT2D eigenvalue weighted by molar-refractivity contribution is 0.102. The maximum absolute atomic E-state index is 12.9. The van der Waals surface area contributed by atoms with E-state index in [0.29, 0.717) is 45.6 Å². The minimum atomic E-state index is -0.337. The molecule has 4 rings (SSSR count). The van der Waals surface area contributed by atoms with Crippen LogP contribution in [0.2, 0.25) is 0 Å². The number of carbonyl (C=O) groups excluding carboxylic acids is 1. The van der Waals surface area contributed by atoms with Gasteiger partial charge in [0.25, 0.3) is 11.5 Å². The minimum absolute atomic E-state index is 0.0403. The Hall–Kier alpha value is -4.27. The molecule has 9 nitrogen and oxygen atoms in total. The zero-order valence-electron chi connectivity index (χ0n) is 18.7. The van der Waals surface area contributed by atoms with E-state index in [1.807, 2.05) is 13.0 Å². The van der Waals surface area contributed by atoms with Gasteiger partial charge >= 0.3 is 0 Å². The molecule has 0 radical (unpaired) electrons. The highest BCUT2D eigenvalue weighted by atomic mass is 16.5. The highest BCUT2D eigenvalue weighted by molar-refractivity contribution is 6.05. The number of anilines is 1. The number of nitrogens with one attached hydrogen (secondary N) is 1. The molecule has 33 heavy (non-hydrogen) atoms. The molecule has 4 aromatic rings. The third-order valence-corrected chi connectivity index (χ3v) is 4.93. The normalized spacial score (nSPS) is 10.8. The maximum Gasteiger partial charge on any atom is 0.287 e. The standard InChI is InChI=1S/C24H23N3O6/c1-14-5-7-18(26-24(29)16-6-8-19(30-3)21(11-16)31-4)20(9-14)32-13-17-12-23(28)27-22(25-17)10-15(2)33-27/h5-12H,13H2,1-4H3,(H,26,29).